The number of carbonyl (C=O) groups is 1. The highest BCUT2D eigenvalue weighted by molar-refractivity contribution is 6.08. The number of ketones is 1. The smallest absolute Gasteiger partial charge is 0.166 e. The van der Waals surface area contributed by atoms with E-state index in [1.807, 2.05) is 12.1 Å². The molecule has 3 nitrogen and oxygen atoms in total. The van der Waals surface area contributed by atoms with Crippen molar-refractivity contribution < 1.29 is 4.79 Å². The molecule has 0 saturated carbocycles. The molecule has 0 amide bonds. The van der Waals surface area contributed by atoms with Crippen LogP contribution in [0.3, 0.4) is 0 Å². The molecule has 0 aliphatic carbocycles. The number of hydrogen-bond donors (Lipinski definition) is 2. The van der Waals surface area contributed by atoms with E-state index in [4.69, 9.17) is 5.73 Å². The zero-order valence-electron chi connectivity index (χ0n) is 9.42. The zero-order valence-corrected chi connectivity index (χ0v) is 9.42. The number of aromatic nitrogens is 1. The van der Waals surface area contributed by atoms with E-state index in [-0.39, 0.29) is 5.78 Å². The van der Waals surface area contributed by atoms with Crippen LogP contribution in [0.2, 0.25) is 0 Å². The van der Waals surface area contributed by atoms with E-state index in [9.17, 15) is 4.79 Å². The van der Waals surface area contributed by atoms with Gasteiger partial charge >= 0.3 is 0 Å². The Bertz CT molecular complexity index is 514. The maximum Gasteiger partial charge on any atom is 0.166 e. The Labute approximate surface area is 94.6 Å². The predicted octanol–water partition coefficient (Wildman–Crippen LogP) is 2.26. The summed E-state index contributed by atoms with van der Waals surface area (Å²) in [5, 5.41) is 1.01. The average molecular weight is 216 g/mol. The highest BCUT2D eigenvalue weighted by Gasteiger charge is 2.12. The molecule has 3 heteroatoms. The van der Waals surface area contributed by atoms with E-state index >= 15 is 0 Å². The van der Waals surface area contributed by atoms with Gasteiger partial charge in [0.2, 0.25) is 0 Å². The van der Waals surface area contributed by atoms with Crippen LogP contribution in [0, 0.1) is 0 Å². The van der Waals surface area contributed by atoms with Crippen LogP contribution in [-0.4, -0.2) is 17.3 Å². The number of rotatable bonds is 4. The summed E-state index contributed by atoms with van der Waals surface area (Å²) >= 11 is 0. The van der Waals surface area contributed by atoms with Gasteiger partial charge in [0.1, 0.15) is 0 Å². The Balaban J connectivity index is 2.53. The van der Waals surface area contributed by atoms with E-state index in [0.29, 0.717) is 13.0 Å². The van der Waals surface area contributed by atoms with Crippen LogP contribution >= 0.6 is 0 Å². The van der Waals surface area contributed by atoms with Crippen LogP contribution < -0.4 is 5.73 Å². The van der Waals surface area contributed by atoms with Crippen molar-refractivity contribution in [3.8, 4) is 0 Å². The first-order valence-electron chi connectivity index (χ1n) is 5.60. The summed E-state index contributed by atoms with van der Waals surface area (Å²) in [5.74, 6) is 0.113. The number of para-hydroxylation sites is 1. The molecule has 0 aliphatic heterocycles. The van der Waals surface area contributed by atoms with Gasteiger partial charge in [-0.3, -0.25) is 4.79 Å². The molecular formula is C13H16N2O. The molecule has 84 valence electrons. The Morgan fingerprint density at radius 1 is 1.44 bits per heavy atom. The fourth-order valence-corrected chi connectivity index (χ4v) is 2.01. The highest BCUT2D eigenvalue weighted by atomic mass is 16.1. The largest absolute Gasteiger partial charge is 0.360 e. The molecule has 0 saturated heterocycles. The molecule has 0 spiro atoms. The lowest BCUT2D eigenvalue weighted by atomic mass is 10.0. The fraction of sp³-hybridized carbons (Fsp3) is 0.308. The van der Waals surface area contributed by atoms with Crippen molar-refractivity contribution in [3.63, 3.8) is 0 Å². The molecule has 1 aromatic carbocycles. The lowest BCUT2D eigenvalue weighted by Crippen LogP contribution is -2.07. The number of H-pyrrole nitrogens is 1. The molecule has 0 unspecified atom stereocenters. The van der Waals surface area contributed by atoms with Gasteiger partial charge in [0.25, 0.3) is 0 Å². The first-order valence-corrected chi connectivity index (χ1v) is 5.60. The van der Waals surface area contributed by atoms with E-state index < -0.39 is 0 Å². The van der Waals surface area contributed by atoms with Gasteiger partial charge in [0.05, 0.1) is 0 Å². The van der Waals surface area contributed by atoms with Crippen LogP contribution in [0.5, 0.6) is 0 Å². The summed E-state index contributed by atoms with van der Waals surface area (Å²) in [6.45, 7) is 2.51. The number of carbonyl (C=O) groups excluding carboxylic acids is 1. The normalized spacial score (nSPS) is 10.9. The third kappa shape index (κ3) is 1.74. The number of nitrogens with one attached hydrogen (secondary N) is 1. The lowest BCUT2D eigenvalue weighted by molar-refractivity contribution is 0.0987. The van der Waals surface area contributed by atoms with Crippen LogP contribution in [0.25, 0.3) is 10.9 Å². The second kappa shape index (κ2) is 4.49. The van der Waals surface area contributed by atoms with E-state index in [0.717, 1.165) is 22.9 Å². The van der Waals surface area contributed by atoms with Gasteiger partial charge in [-0.05, 0) is 18.5 Å². The van der Waals surface area contributed by atoms with Crippen LogP contribution in [-0.2, 0) is 6.42 Å². The molecule has 0 aliphatic rings. The predicted molar refractivity (Wildman–Crippen MR) is 65.7 cm³/mol. The summed E-state index contributed by atoms with van der Waals surface area (Å²) < 4.78 is 0. The van der Waals surface area contributed by atoms with Crippen molar-refractivity contribution in [2.45, 2.75) is 19.8 Å². The Hall–Kier alpha value is -1.61. The number of Topliss-reactive ketones (excluding diaryl/α,β-unsaturated/α-hetero) is 1. The number of aromatic amines is 1. The Morgan fingerprint density at radius 3 is 2.94 bits per heavy atom. The molecule has 1 heterocycles. The third-order valence-electron chi connectivity index (χ3n) is 2.85. The van der Waals surface area contributed by atoms with Gasteiger partial charge in [-0.1, -0.05) is 25.1 Å². The molecule has 2 rings (SSSR count). The molecule has 3 N–H and O–H groups in total. The fourth-order valence-electron chi connectivity index (χ4n) is 2.01. The minimum Gasteiger partial charge on any atom is -0.360 e. The zero-order chi connectivity index (χ0) is 11.5. The molecular weight excluding hydrogens is 200 g/mol. The van der Waals surface area contributed by atoms with Crippen LogP contribution in [0.4, 0.5) is 0 Å². The van der Waals surface area contributed by atoms with Gasteiger partial charge in [-0.25, -0.2) is 0 Å². The quantitative estimate of drug-likeness (QED) is 0.770. The molecule has 0 fully saturated rings. The maximum absolute atomic E-state index is 11.8. The minimum absolute atomic E-state index is 0.113. The van der Waals surface area contributed by atoms with Gasteiger partial charge in [-0.2, -0.15) is 0 Å². The van der Waals surface area contributed by atoms with Crippen molar-refractivity contribution in [2.75, 3.05) is 6.54 Å². The van der Waals surface area contributed by atoms with Gasteiger partial charge < -0.3 is 10.7 Å². The summed E-state index contributed by atoms with van der Waals surface area (Å²) in [6.07, 6.45) is 3.16. The van der Waals surface area contributed by atoms with E-state index in [2.05, 4.69) is 18.0 Å². The molecule has 0 radical (unpaired) electrons. The lowest BCUT2D eigenvalue weighted by Gasteiger charge is -2.00. The first-order chi connectivity index (χ1) is 7.77. The molecule has 16 heavy (non-hydrogen) atoms. The summed E-state index contributed by atoms with van der Waals surface area (Å²) in [4.78, 5) is 15.0. The van der Waals surface area contributed by atoms with Crippen molar-refractivity contribution in [2.24, 2.45) is 5.73 Å². The van der Waals surface area contributed by atoms with E-state index in [1.54, 1.807) is 6.20 Å². The number of benzene rings is 1. The second-order valence-corrected chi connectivity index (χ2v) is 3.86. The summed E-state index contributed by atoms with van der Waals surface area (Å²) in [6, 6.07) is 6.05. The SMILES string of the molecule is CCc1cccc2c(C(=O)CCN)c[nH]c12. The van der Waals surface area contributed by atoms with Crippen LogP contribution in [0.15, 0.2) is 24.4 Å². The number of nitrogens with two attached hydrogens (primary N) is 1. The topological polar surface area (TPSA) is 58.9 Å². The van der Waals surface area contributed by atoms with Gasteiger partial charge in [0, 0.05) is 29.1 Å². The standard InChI is InChI=1S/C13H16N2O/c1-2-9-4-3-5-10-11(8-15-13(9)10)12(16)6-7-14/h3-5,8,15H,2,6-7,14H2,1H3. The van der Waals surface area contributed by atoms with Crippen LogP contribution in [0.1, 0.15) is 29.3 Å². The number of aryl methyl sites for hydroxylation is 1. The summed E-state index contributed by atoms with van der Waals surface area (Å²) in [5.41, 5.74) is 8.48. The van der Waals surface area contributed by atoms with E-state index in [1.165, 1.54) is 5.56 Å². The van der Waals surface area contributed by atoms with Gasteiger partial charge in [-0.15, -0.1) is 0 Å². The molecule has 0 atom stereocenters. The average Bonchev–Trinajstić information content (AvgIpc) is 2.72. The molecule has 1 aromatic heterocycles. The minimum atomic E-state index is 0.113. The van der Waals surface area contributed by atoms with Crippen molar-refractivity contribution in [1.82, 2.24) is 4.98 Å². The summed E-state index contributed by atoms with van der Waals surface area (Å²) in [7, 11) is 0. The van der Waals surface area contributed by atoms with Crippen molar-refractivity contribution >= 4 is 16.7 Å². The monoisotopic (exact) mass is 216 g/mol. The maximum atomic E-state index is 11.8. The second-order valence-electron chi connectivity index (χ2n) is 3.86. The van der Waals surface area contributed by atoms with Crippen molar-refractivity contribution in [3.05, 3.63) is 35.5 Å². The van der Waals surface area contributed by atoms with Crippen molar-refractivity contribution in [1.29, 1.82) is 0 Å². The third-order valence-corrected chi connectivity index (χ3v) is 2.85. The Kier molecular flexibility index (Phi) is 3.06. The number of hydrogen-bond acceptors (Lipinski definition) is 2. The Morgan fingerprint density at radius 2 is 2.25 bits per heavy atom. The van der Waals surface area contributed by atoms with Gasteiger partial charge in [0.15, 0.2) is 5.78 Å². The molecule has 0 bridgehead atoms. The molecule has 2 aromatic rings. The number of fused-ring (bicyclic) bond motifs is 1. The highest BCUT2D eigenvalue weighted by Crippen LogP contribution is 2.23. The first kappa shape index (κ1) is 10.9.